The van der Waals surface area contributed by atoms with Crippen molar-refractivity contribution in [3.63, 3.8) is 0 Å². The number of nitrogens with zero attached hydrogens (tertiary/aromatic N) is 2. The maximum Gasteiger partial charge on any atom is 0.419 e. The fourth-order valence-electron chi connectivity index (χ4n) is 2.63. The highest BCUT2D eigenvalue weighted by atomic mass is 127. The third-order valence-electron chi connectivity index (χ3n) is 3.68. The first-order valence-corrected chi connectivity index (χ1v) is 8.23. The number of hydrogen-bond donors (Lipinski definition) is 4. The number of carboxylic acid groups (broad SMARTS) is 1. The van der Waals surface area contributed by atoms with Crippen LogP contribution in [0.3, 0.4) is 0 Å². The summed E-state index contributed by atoms with van der Waals surface area (Å²) in [6.07, 6.45) is 2.29. The van der Waals surface area contributed by atoms with Gasteiger partial charge in [-0.3, -0.25) is 10.2 Å². The predicted molar refractivity (Wildman–Crippen MR) is 87.9 cm³/mol. The Morgan fingerprint density at radius 2 is 2.27 bits per heavy atom. The summed E-state index contributed by atoms with van der Waals surface area (Å²) in [6, 6.07) is -0.686. The van der Waals surface area contributed by atoms with Gasteiger partial charge < -0.3 is 15.0 Å². The molecule has 0 radical (unpaired) electrons. The van der Waals surface area contributed by atoms with Gasteiger partial charge in [0.25, 0.3) is 0 Å². The second kappa shape index (κ2) is 7.27. The summed E-state index contributed by atoms with van der Waals surface area (Å²) in [5, 5.41) is 8.71. The van der Waals surface area contributed by atoms with Gasteiger partial charge in [-0.25, -0.2) is 15.2 Å². The van der Waals surface area contributed by atoms with E-state index in [2.05, 4.69) is 43.4 Å². The first kappa shape index (κ1) is 17.0. The standard InChI is InChI=1S/C13H20IN5O3/c1-7(2)10(17-18-13(21)22)12(20)19-5-3-4-8(19)11-15-6-9(14)16-11/h6-8,10,17-18H,3-5H2,1-2H3,(H,15,16)(H,21,22)/t8-,10-/m0/s1. The van der Waals surface area contributed by atoms with E-state index in [1.165, 1.54) is 0 Å². The SMILES string of the molecule is CC(C)[C@H](NNC(=O)O)C(=O)N1CCC[C@H]1c1ncc(I)[nH]1. The van der Waals surface area contributed by atoms with Crippen molar-refractivity contribution >= 4 is 34.6 Å². The Labute approximate surface area is 142 Å². The summed E-state index contributed by atoms with van der Waals surface area (Å²) in [7, 11) is 0. The zero-order valence-electron chi connectivity index (χ0n) is 12.5. The molecule has 2 rings (SSSR count). The van der Waals surface area contributed by atoms with Crippen LogP contribution >= 0.6 is 22.6 Å². The zero-order valence-corrected chi connectivity index (χ0v) is 14.6. The lowest BCUT2D eigenvalue weighted by molar-refractivity contribution is -0.135. The van der Waals surface area contributed by atoms with Crippen molar-refractivity contribution in [3.05, 3.63) is 15.7 Å². The molecule has 2 heterocycles. The summed E-state index contributed by atoms with van der Waals surface area (Å²) in [4.78, 5) is 32.7. The highest BCUT2D eigenvalue weighted by molar-refractivity contribution is 14.1. The van der Waals surface area contributed by atoms with Crippen molar-refractivity contribution in [1.29, 1.82) is 0 Å². The quantitative estimate of drug-likeness (QED) is 0.425. The van der Waals surface area contributed by atoms with Crippen molar-refractivity contribution < 1.29 is 14.7 Å². The largest absolute Gasteiger partial charge is 0.464 e. The summed E-state index contributed by atoms with van der Waals surface area (Å²) in [5.74, 6) is 0.624. The number of nitrogens with one attached hydrogen (secondary N) is 3. The summed E-state index contributed by atoms with van der Waals surface area (Å²) in [6.45, 7) is 4.40. The molecule has 0 aliphatic carbocycles. The average Bonchev–Trinajstić information content (AvgIpc) is 3.05. The first-order valence-electron chi connectivity index (χ1n) is 7.15. The van der Waals surface area contributed by atoms with Crippen molar-refractivity contribution in [2.24, 2.45) is 5.92 Å². The van der Waals surface area contributed by atoms with Gasteiger partial charge in [0.2, 0.25) is 5.91 Å². The molecule has 8 nitrogen and oxygen atoms in total. The molecule has 0 saturated carbocycles. The molecule has 9 heteroatoms. The lowest BCUT2D eigenvalue weighted by Gasteiger charge is -2.30. The maximum absolute atomic E-state index is 12.8. The first-order chi connectivity index (χ1) is 10.4. The normalized spacial score (nSPS) is 19.5. The number of likely N-dealkylation sites (tertiary alicyclic amines) is 1. The van der Waals surface area contributed by atoms with Crippen molar-refractivity contribution in [2.75, 3.05) is 6.54 Å². The number of hydrogen-bond acceptors (Lipinski definition) is 4. The fourth-order valence-corrected chi connectivity index (χ4v) is 3.04. The van der Waals surface area contributed by atoms with E-state index < -0.39 is 12.1 Å². The zero-order chi connectivity index (χ0) is 16.3. The molecule has 1 aromatic heterocycles. The van der Waals surface area contributed by atoms with E-state index in [-0.39, 0.29) is 17.9 Å². The number of carbonyl (C=O) groups is 2. The Kier molecular flexibility index (Phi) is 5.62. The molecule has 4 N–H and O–H groups in total. The van der Waals surface area contributed by atoms with Gasteiger partial charge in [-0.05, 0) is 41.4 Å². The third-order valence-corrected chi connectivity index (χ3v) is 4.23. The van der Waals surface area contributed by atoms with Crippen LogP contribution in [0.15, 0.2) is 6.20 Å². The maximum atomic E-state index is 12.8. The van der Waals surface area contributed by atoms with Crippen LogP contribution in [0.5, 0.6) is 0 Å². The number of halogens is 1. The van der Waals surface area contributed by atoms with E-state index in [1.807, 2.05) is 13.8 Å². The van der Waals surface area contributed by atoms with Crippen LogP contribution in [-0.4, -0.2) is 44.6 Å². The minimum absolute atomic E-state index is 0.0441. The molecule has 22 heavy (non-hydrogen) atoms. The second-order valence-electron chi connectivity index (χ2n) is 5.60. The van der Waals surface area contributed by atoms with Crippen LogP contribution in [0.1, 0.15) is 38.6 Å². The summed E-state index contributed by atoms with van der Waals surface area (Å²) < 4.78 is 0.929. The van der Waals surface area contributed by atoms with Crippen LogP contribution in [0, 0.1) is 9.62 Å². The molecule has 1 aliphatic rings. The molecule has 0 aromatic carbocycles. The van der Waals surface area contributed by atoms with Gasteiger partial charge in [0.15, 0.2) is 0 Å². The molecule has 1 aromatic rings. The molecule has 2 atom stereocenters. The minimum Gasteiger partial charge on any atom is -0.464 e. The van der Waals surface area contributed by atoms with Gasteiger partial charge in [-0.15, -0.1) is 0 Å². The Hall–Kier alpha value is -1.36. The Morgan fingerprint density at radius 3 is 2.82 bits per heavy atom. The van der Waals surface area contributed by atoms with E-state index in [1.54, 1.807) is 11.1 Å². The molecular formula is C13H20IN5O3. The van der Waals surface area contributed by atoms with Crippen LogP contribution in [0.25, 0.3) is 0 Å². The lowest BCUT2D eigenvalue weighted by Crippen LogP contribution is -2.54. The van der Waals surface area contributed by atoms with E-state index in [0.29, 0.717) is 6.54 Å². The van der Waals surface area contributed by atoms with E-state index >= 15 is 0 Å². The number of rotatable bonds is 5. The van der Waals surface area contributed by atoms with Crippen LogP contribution < -0.4 is 10.9 Å². The van der Waals surface area contributed by atoms with Gasteiger partial charge in [-0.2, -0.15) is 0 Å². The van der Waals surface area contributed by atoms with Gasteiger partial charge in [0.05, 0.1) is 15.9 Å². The second-order valence-corrected chi connectivity index (χ2v) is 6.76. The molecule has 122 valence electrons. The average molecular weight is 421 g/mol. The number of imidazole rings is 1. The van der Waals surface area contributed by atoms with Crippen LogP contribution in [0.2, 0.25) is 0 Å². The number of H-pyrrole nitrogens is 1. The molecule has 2 amide bonds. The minimum atomic E-state index is -1.21. The van der Waals surface area contributed by atoms with Gasteiger partial charge in [0, 0.05) is 6.54 Å². The van der Waals surface area contributed by atoms with E-state index in [0.717, 1.165) is 22.4 Å². The molecule has 0 spiro atoms. The van der Waals surface area contributed by atoms with Crippen molar-refractivity contribution in [2.45, 2.75) is 38.8 Å². The highest BCUT2D eigenvalue weighted by Crippen LogP contribution is 2.31. The highest BCUT2D eigenvalue weighted by Gasteiger charge is 2.36. The van der Waals surface area contributed by atoms with Crippen LogP contribution in [0.4, 0.5) is 4.79 Å². The third kappa shape index (κ3) is 3.88. The number of amides is 2. The van der Waals surface area contributed by atoms with Gasteiger partial charge in [0.1, 0.15) is 11.9 Å². The van der Waals surface area contributed by atoms with Crippen LogP contribution in [-0.2, 0) is 4.79 Å². The predicted octanol–water partition coefficient (Wildman–Crippen LogP) is 1.47. The topological polar surface area (TPSA) is 110 Å². The Bertz CT molecular complexity index is 548. The van der Waals surface area contributed by atoms with Gasteiger partial charge >= 0.3 is 6.09 Å². The lowest BCUT2D eigenvalue weighted by atomic mass is 10.0. The van der Waals surface area contributed by atoms with Crippen molar-refractivity contribution in [3.8, 4) is 0 Å². The monoisotopic (exact) mass is 421 g/mol. The van der Waals surface area contributed by atoms with Crippen molar-refractivity contribution in [1.82, 2.24) is 25.7 Å². The Balaban J connectivity index is 2.12. The smallest absolute Gasteiger partial charge is 0.419 e. The Morgan fingerprint density at radius 1 is 1.55 bits per heavy atom. The van der Waals surface area contributed by atoms with Gasteiger partial charge in [-0.1, -0.05) is 13.8 Å². The molecule has 0 bridgehead atoms. The molecular weight excluding hydrogens is 401 g/mol. The number of aromatic nitrogens is 2. The number of hydrazine groups is 1. The van der Waals surface area contributed by atoms with E-state index in [9.17, 15) is 9.59 Å². The summed E-state index contributed by atoms with van der Waals surface area (Å²) >= 11 is 2.15. The summed E-state index contributed by atoms with van der Waals surface area (Å²) in [5.41, 5.74) is 4.68. The molecule has 0 unspecified atom stereocenters. The number of aromatic amines is 1. The molecule has 1 fully saturated rings. The molecule has 1 aliphatic heterocycles. The molecule has 1 saturated heterocycles. The number of carbonyl (C=O) groups excluding carboxylic acids is 1. The fraction of sp³-hybridized carbons (Fsp3) is 0.615. The van der Waals surface area contributed by atoms with E-state index in [4.69, 9.17) is 5.11 Å².